The van der Waals surface area contributed by atoms with Crippen molar-refractivity contribution in [2.75, 3.05) is 6.54 Å². The first-order valence-electron chi connectivity index (χ1n) is 7.01. The smallest absolute Gasteiger partial charge is 0.253 e. The van der Waals surface area contributed by atoms with Gasteiger partial charge in [0.15, 0.2) is 6.10 Å². The quantitative estimate of drug-likeness (QED) is 0.649. The summed E-state index contributed by atoms with van der Waals surface area (Å²) in [5, 5.41) is 38.3. The normalized spacial score (nSPS) is 28.8. The number of aliphatic hydroxyl groups is 3. The summed E-state index contributed by atoms with van der Waals surface area (Å²) in [5.41, 5.74) is 0.171. The number of hydrogen-bond acceptors (Lipinski definition) is 6. The highest BCUT2D eigenvalue weighted by Gasteiger charge is 2.46. The van der Waals surface area contributed by atoms with Gasteiger partial charge in [-0.25, -0.2) is 4.39 Å². The molecular weight excluding hydrogens is 307 g/mol. The monoisotopic (exact) mass is 324 g/mol. The molecule has 1 saturated heterocycles. The van der Waals surface area contributed by atoms with E-state index in [-0.39, 0.29) is 11.3 Å². The van der Waals surface area contributed by atoms with E-state index < -0.39 is 43.2 Å². The maximum atomic E-state index is 14.2. The van der Waals surface area contributed by atoms with Gasteiger partial charge in [-0.3, -0.25) is 4.79 Å². The maximum absolute atomic E-state index is 14.2. The maximum Gasteiger partial charge on any atom is 0.253 e. The lowest BCUT2D eigenvalue weighted by atomic mass is 9.99. The first-order valence-corrected chi connectivity index (χ1v) is 7.01. The lowest BCUT2D eigenvalue weighted by Crippen LogP contribution is -2.64. The molecule has 5 atom stereocenters. The van der Waals surface area contributed by atoms with Crippen LogP contribution in [0, 0.1) is 11.3 Å². The number of piperidine rings is 1. The van der Waals surface area contributed by atoms with E-state index in [4.69, 9.17) is 10.00 Å². The number of hydrogen-bond donors (Lipinski definition) is 3. The molecule has 1 aliphatic rings. The lowest BCUT2D eigenvalue weighted by molar-refractivity contribution is -0.181. The molecule has 1 aromatic carbocycles. The van der Waals surface area contributed by atoms with Gasteiger partial charge in [0.1, 0.15) is 30.1 Å². The molecule has 8 heteroatoms. The molecule has 23 heavy (non-hydrogen) atoms. The van der Waals surface area contributed by atoms with Crippen LogP contribution in [-0.2, 0) is 4.79 Å². The molecule has 1 aromatic rings. The van der Waals surface area contributed by atoms with Crippen LogP contribution in [-0.4, -0.2) is 63.4 Å². The van der Waals surface area contributed by atoms with E-state index in [0.717, 1.165) is 0 Å². The molecule has 0 radical (unpaired) electrons. The number of rotatable bonds is 3. The number of nitrogens with zero attached hydrogens (tertiary/aromatic N) is 2. The molecule has 1 amide bonds. The summed E-state index contributed by atoms with van der Waals surface area (Å²) in [5.74, 6) is -0.841. The summed E-state index contributed by atoms with van der Waals surface area (Å²) >= 11 is 0. The van der Waals surface area contributed by atoms with Crippen LogP contribution in [0.1, 0.15) is 12.5 Å². The van der Waals surface area contributed by atoms with Crippen LogP contribution in [0.3, 0.4) is 0 Å². The molecular formula is C15H17FN2O5. The van der Waals surface area contributed by atoms with Crippen molar-refractivity contribution in [2.45, 2.75) is 37.6 Å². The van der Waals surface area contributed by atoms with E-state index in [1.165, 1.54) is 19.1 Å². The van der Waals surface area contributed by atoms with Crippen molar-refractivity contribution >= 4 is 5.91 Å². The Bertz CT molecular complexity index is 618. The van der Waals surface area contributed by atoms with Gasteiger partial charge in [0.05, 0.1) is 12.1 Å². The summed E-state index contributed by atoms with van der Waals surface area (Å²) in [6.07, 6.45) is -8.15. The number of carbonyl (C=O) groups excluding carboxylic acids is 1. The van der Waals surface area contributed by atoms with Crippen molar-refractivity contribution < 1.29 is 29.2 Å². The van der Waals surface area contributed by atoms with Gasteiger partial charge in [-0.1, -0.05) is 12.1 Å². The Morgan fingerprint density at radius 3 is 2.74 bits per heavy atom. The number of para-hydroxylation sites is 1. The molecule has 0 saturated carbocycles. The van der Waals surface area contributed by atoms with Crippen LogP contribution in [0.5, 0.6) is 5.75 Å². The van der Waals surface area contributed by atoms with Crippen molar-refractivity contribution in [3.05, 3.63) is 29.8 Å². The molecule has 1 aliphatic heterocycles. The highest BCUT2D eigenvalue weighted by atomic mass is 19.1. The van der Waals surface area contributed by atoms with Crippen LogP contribution in [0.15, 0.2) is 24.3 Å². The van der Waals surface area contributed by atoms with Gasteiger partial charge < -0.3 is 25.0 Å². The molecule has 2 unspecified atom stereocenters. The standard InChI is InChI=1S/C15H17FN2O5/c1-8(19)15(22)18-7-10(20)13(12(21)14(18)16)23-11-5-3-2-4-9(11)6-17/h2-5,8,10,12-14,19-21H,7H2,1H3/t8-,10?,12+,13-,14?/m0/s1. The van der Waals surface area contributed by atoms with Crippen LogP contribution in [0.4, 0.5) is 4.39 Å². The number of halogens is 1. The SMILES string of the molecule is C[C@H](O)C(=O)N1CC(O)[C@H](Oc2ccccc2C#N)[C@@H](O)C1F. The molecule has 2 rings (SSSR count). The average molecular weight is 324 g/mol. The Kier molecular flexibility index (Phi) is 5.15. The highest BCUT2D eigenvalue weighted by Crippen LogP contribution is 2.27. The topological polar surface area (TPSA) is 114 Å². The summed E-state index contributed by atoms with van der Waals surface area (Å²) < 4.78 is 19.6. The Balaban J connectivity index is 2.19. The second kappa shape index (κ2) is 6.91. The average Bonchev–Trinajstić information content (AvgIpc) is 2.54. The van der Waals surface area contributed by atoms with Crippen LogP contribution >= 0.6 is 0 Å². The first-order chi connectivity index (χ1) is 10.9. The molecule has 1 fully saturated rings. The van der Waals surface area contributed by atoms with Gasteiger partial charge >= 0.3 is 0 Å². The predicted octanol–water partition coefficient (Wildman–Crippen LogP) is -0.454. The number of β-amino-alcohol motifs (C(OH)–C–C–N with tert-alkyl or cyclic N) is 1. The Labute approximate surface area is 132 Å². The largest absolute Gasteiger partial charge is 0.483 e. The van der Waals surface area contributed by atoms with Crippen LogP contribution in [0.2, 0.25) is 0 Å². The Morgan fingerprint density at radius 1 is 1.48 bits per heavy atom. The van der Waals surface area contributed by atoms with Crippen molar-refractivity contribution in [3.63, 3.8) is 0 Å². The van der Waals surface area contributed by atoms with E-state index in [1.807, 2.05) is 6.07 Å². The minimum atomic E-state index is -2.14. The van der Waals surface area contributed by atoms with Gasteiger partial charge in [0.2, 0.25) is 6.30 Å². The second-order valence-corrected chi connectivity index (χ2v) is 5.29. The Morgan fingerprint density at radius 2 is 2.13 bits per heavy atom. The van der Waals surface area contributed by atoms with Crippen molar-refractivity contribution in [3.8, 4) is 11.8 Å². The van der Waals surface area contributed by atoms with Gasteiger partial charge in [-0.15, -0.1) is 0 Å². The highest BCUT2D eigenvalue weighted by molar-refractivity contribution is 5.80. The van der Waals surface area contributed by atoms with E-state index in [0.29, 0.717) is 4.90 Å². The van der Waals surface area contributed by atoms with Crippen molar-refractivity contribution in [2.24, 2.45) is 0 Å². The van der Waals surface area contributed by atoms with E-state index in [1.54, 1.807) is 12.1 Å². The summed E-state index contributed by atoms with van der Waals surface area (Å²) in [7, 11) is 0. The molecule has 0 aliphatic carbocycles. The Hall–Kier alpha value is -2.21. The zero-order valence-electron chi connectivity index (χ0n) is 12.3. The van der Waals surface area contributed by atoms with Crippen LogP contribution < -0.4 is 4.74 Å². The summed E-state index contributed by atoms with van der Waals surface area (Å²) in [6, 6.07) is 8.03. The summed E-state index contributed by atoms with van der Waals surface area (Å²) in [4.78, 5) is 12.3. The molecule has 7 nitrogen and oxygen atoms in total. The summed E-state index contributed by atoms with van der Waals surface area (Å²) in [6.45, 7) is 0.723. The van der Waals surface area contributed by atoms with Crippen molar-refractivity contribution in [1.82, 2.24) is 4.90 Å². The third-order valence-electron chi connectivity index (χ3n) is 3.59. The minimum absolute atomic E-state index is 0.0978. The number of aliphatic hydroxyl groups excluding tert-OH is 3. The number of amides is 1. The molecule has 0 bridgehead atoms. The molecule has 124 valence electrons. The van der Waals surface area contributed by atoms with E-state index in [2.05, 4.69) is 0 Å². The lowest BCUT2D eigenvalue weighted by Gasteiger charge is -2.42. The third kappa shape index (κ3) is 3.42. The number of alkyl halides is 1. The second-order valence-electron chi connectivity index (χ2n) is 5.29. The fourth-order valence-corrected chi connectivity index (χ4v) is 2.38. The predicted molar refractivity (Wildman–Crippen MR) is 75.9 cm³/mol. The zero-order valence-corrected chi connectivity index (χ0v) is 12.3. The fourth-order valence-electron chi connectivity index (χ4n) is 2.38. The van der Waals surface area contributed by atoms with Gasteiger partial charge in [0, 0.05) is 0 Å². The number of carbonyl (C=O) groups is 1. The molecule has 0 aromatic heterocycles. The van der Waals surface area contributed by atoms with Gasteiger partial charge in [0.25, 0.3) is 5.91 Å². The zero-order chi connectivity index (χ0) is 17.1. The molecule has 0 spiro atoms. The molecule has 1 heterocycles. The van der Waals surface area contributed by atoms with Gasteiger partial charge in [-0.05, 0) is 19.1 Å². The fraction of sp³-hybridized carbons (Fsp3) is 0.467. The van der Waals surface area contributed by atoms with Crippen molar-refractivity contribution in [1.29, 1.82) is 5.26 Å². The number of benzene rings is 1. The van der Waals surface area contributed by atoms with E-state index >= 15 is 0 Å². The van der Waals surface area contributed by atoms with E-state index in [9.17, 15) is 24.5 Å². The minimum Gasteiger partial charge on any atom is -0.483 e. The number of ether oxygens (including phenoxy) is 1. The first kappa shape index (κ1) is 17.1. The van der Waals surface area contributed by atoms with Crippen LogP contribution in [0.25, 0.3) is 0 Å². The third-order valence-corrected chi connectivity index (χ3v) is 3.59. The number of likely N-dealkylation sites (tertiary alicyclic amines) is 1. The van der Waals surface area contributed by atoms with Gasteiger partial charge in [-0.2, -0.15) is 5.26 Å². The number of nitriles is 1. The molecule has 3 N–H and O–H groups in total.